The van der Waals surface area contributed by atoms with Crippen molar-refractivity contribution in [1.29, 1.82) is 0 Å². The molecule has 0 amide bonds. The first kappa shape index (κ1) is 15.6. The highest BCUT2D eigenvalue weighted by Gasteiger charge is 2.15. The van der Waals surface area contributed by atoms with Gasteiger partial charge in [-0.1, -0.05) is 18.2 Å². The molecule has 0 fully saturated rings. The zero-order chi connectivity index (χ0) is 15.4. The number of anilines is 1. The molecule has 0 saturated carbocycles. The third kappa shape index (κ3) is 3.85. The minimum Gasteiger partial charge on any atom is -0.496 e. The monoisotopic (exact) mass is 305 g/mol. The predicted molar refractivity (Wildman–Crippen MR) is 86.3 cm³/mol. The van der Waals surface area contributed by atoms with E-state index < -0.39 is 0 Å². The van der Waals surface area contributed by atoms with E-state index in [1.54, 1.807) is 7.11 Å². The number of para-hydroxylation sites is 1. The van der Waals surface area contributed by atoms with Crippen LogP contribution in [0.1, 0.15) is 18.2 Å². The Balaban J connectivity index is 2.17. The molecule has 0 aliphatic heterocycles. The van der Waals surface area contributed by atoms with Gasteiger partial charge >= 0.3 is 0 Å². The van der Waals surface area contributed by atoms with Crippen LogP contribution in [0.2, 0.25) is 5.28 Å². The number of benzene rings is 1. The van der Waals surface area contributed by atoms with E-state index in [1.807, 2.05) is 38.2 Å². The molecule has 21 heavy (non-hydrogen) atoms. The van der Waals surface area contributed by atoms with Crippen LogP contribution < -0.4 is 9.64 Å². The van der Waals surface area contributed by atoms with Crippen molar-refractivity contribution in [1.82, 2.24) is 9.97 Å². The third-order valence-electron chi connectivity index (χ3n) is 3.54. The van der Waals surface area contributed by atoms with Gasteiger partial charge in [0.1, 0.15) is 11.6 Å². The summed E-state index contributed by atoms with van der Waals surface area (Å²) in [6.45, 7) is 4.06. The first-order valence-corrected chi connectivity index (χ1v) is 7.25. The topological polar surface area (TPSA) is 38.2 Å². The van der Waals surface area contributed by atoms with Gasteiger partial charge in [-0.25, -0.2) is 9.97 Å². The maximum Gasteiger partial charge on any atom is 0.224 e. The number of likely N-dealkylation sites (N-methyl/N-ethyl adjacent to an activating group) is 1. The number of methoxy groups -OCH3 is 1. The molecule has 112 valence electrons. The highest BCUT2D eigenvalue weighted by Crippen LogP contribution is 2.22. The first-order chi connectivity index (χ1) is 10.0. The second kappa shape index (κ2) is 6.76. The number of ether oxygens (including phenoxy) is 1. The normalized spacial score (nSPS) is 12.0. The van der Waals surface area contributed by atoms with Crippen LogP contribution in [0.5, 0.6) is 5.75 Å². The largest absolute Gasteiger partial charge is 0.496 e. The fourth-order valence-electron chi connectivity index (χ4n) is 2.25. The Hall–Kier alpha value is -1.81. The molecule has 1 unspecified atom stereocenters. The standard InChI is InChI=1S/C16H20ClN3O/c1-11-9-15(19-16(17)18-11)20(3)12(2)10-13-7-5-6-8-14(13)21-4/h5-9,12H,10H2,1-4H3. The summed E-state index contributed by atoms with van der Waals surface area (Å²) in [5.41, 5.74) is 2.04. The van der Waals surface area contributed by atoms with Crippen LogP contribution in [-0.4, -0.2) is 30.2 Å². The summed E-state index contributed by atoms with van der Waals surface area (Å²) in [5.74, 6) is 1.74. The van der Waals surface area contributed by atoms with Crippen molar-refractivity contribution >= 4 is 17.4 Å². The molecule has 1 aromatic heterocycles. The molecule has 2 rings (SSSR count). The van der Waals surface area contributed by atoms with Crippen LogP contribution in [0.25, 0.3) is 0 Å². The Morgan fingerprint density at radius 2 is 2.00 bits per heavy atom. The fraction of sp³-hybridized carbons (Fsp3) is 0.375. The van der Waals surface area contributed by atoms with Gasteiger partial charge < -0.3 is 9.64 Å². The van der Waals surface area contributed by atoms with Gasteiger partial charge in [0.25, 0.3) is 0 Å². The predicted octanol–water partition coefficient (Wildman–Crippen LogP) is 3.51. The van der Waals surface area contributed by atoms with Gasteiger partial charge in [-0.3, -0.25) is 0 Å². The summed E-state index contributed by atoms with van der Waals surface area (Å²) in [5, 5.41) is 0.279. The third-order valence-corrected chi connectivity index (χ3v) is 3.71. The first-order valence-electron chi connectivity index (χ1n) is 6.87. The minimum atomic E-state index is 0.256. The summed E-state index contributed by atoms with van der Waals surface area (Å²) in [6.07, 6.45) is 0.862. The zero-order valence-electron chi connectivity index (χ0n) is 12.8. The van der Waals surface area contributed by atoms with Crippen LogP contribution in [0, 0.1) is 6.92 Å². The van der Waals surface area contributed by atoms with Gasteiger partial charge in [-0.15, -0.1) is 0 Å². The Labute approximate surface area is 130 Å². The fourth-order valence-corrected chi connectivity index (χ4v) is 2.47. The lowest BCUT2D eigenvalue weighted by Gasteiger charge is -2.26. The van der Waals surface area contributed by atoms with E-state index in [4.69, 9.17) is 16.3 Å². The Bertz CT molecular complexity index is 598. The summed E-state index contributed by atoms with van der Waals surface area (Å²) in [6, 6.07) is 10.3. The van der Waals surface area contributed by atoms with E-state index in [1.165, 1.54) is 5.56 Å². The molecule has 1 heterocycles. The van der Waals surface area contributed by atoms with Crippen molar-refractivity contribution in [3.05, 3.63) is 46.9 Å². The maximum absolute atomic E-state index is 5.94. The number of aromatic nitrogens is 2. The van der Waals surface area contributed by atoms with Crippen molar-refractivity contribution < 1.29 is 4.74 Å². The van der Waals surface area contributed by atoms with E-state index in [-0.39, 0.29) is 11.3 Å². The average molecular weight is 306 g/mol. The van der Waals surface area contributed by atoms with Crippen molar-refractivity contribution in [2.24, 2.45) is 0 Å². The number of halogens is 1. The molecular formula is C16H20ClN3O. The van der Waals surface area contributed by atoms with Crippen molar-refractivity contribution in [3.63, 3.8) is 0 Å². The Morgan fingerprint density at radius 3 is 2.67 bits per heavy atom. The summed E-state index contributed by atoms with van der Waals surface area (Å²) in [4.78, 5) is 10.5. The Morgan fingerprint density at radius 1 is 1.29 bits per heavy atom. The van der Waals surface area contributed by atoms with Gasteiger partial charge in [0.05, 0.1) is 7.11 Å². The Kier molecular flexibility index (Phi) is 5.02. The van der Waals surface area contributed by atoms with E-state index in [0.29, 0.717) is 0 Å². The second-order valence-electron chi connectivity index (χ2n) is 5.11. The average Bonchev–Trinajstić information content (AvgIpc) is 2.46. The number of hydrogen-bond acceptors (Lipinski definition) is 4. The number of aryl methyl sites for hydroxylation is 1. The summed E-state index contributed by atoms with van der Waals surface area (Å²) < 4.78 is 5.40. The van der Waals surface area contributed by atoms with Gasteiger partial charge in [0, 0.05) is 24.8 Å². The van der Waals surface area contributed by atoms with Crippen LogP contribution >= 0.6 is 11.6 Å². The van der Waals surface area contributed by atoms with Crippen LogP contribution in [0.15, 0.2) is 30.3 Å². The van der Waals surface area contributed by atoms with Gasteiger partial charge in [0.15, 0.2) is 0 Å². The van der Waals surface area contributed by atoms with Crippen LogP contribution in [-0.2, 0) is 6.42 Å². The van der Waals surface area contributed by atoms with E-state index >= 15 is 0 Å². The molecule has 1 aromatic carbocycles. The molecule has 0 bridgehead atoms. The molecular weight excluding hydrogens is 286 g/mol. The van der Waals surface area contributed by atoms with E-state index in [9.17, 15) is 0 Å². The molecule has 0 aliphatic carbocycles. The molecule has 0 aliphatic rings. The second-order valence-corrected chi connectivity index (χ2v) is 5.45. The molecule has 0 N–H and O–H groups in total. The van der Waals surface area contributed by atoms with Crippen LogP contribution in [0.3, 0.4) is 0 Å². The zero-order valence-corrected chi connectivity index (χ0v) is 13.6. The lowest BCUT2D eigenvalue weighted by Crippen LogP contribution is -2.31. The smallest absolute Gasteiger partial charge is 0.224 e. The SMILES string of the molecule is COc1ccccc1CC(C)N(C)c1cc(C)nc(Cl)n1. The minimum absolute atomic E-state index is 0.256. The molecule has 0 radical (unpaired) electrons. The number of nitrogens with zero attached hydrogens (tertiary/aromatic N) is 3. The summed E-state index contributed by atoms with van der Waals surface area (Å²) in [7, 11) is 3.71. The molecule has 1 atom stereocenters. The number of rotatable bonds is 5. The molecule has 0 spiro atoms. The molecule has 0 saturated heterocycles. The number of hydrogen-bond donors (Lipinski definition) is 0. The molecule has 2 aromatic rings. The highest BCUT2D eigenvalue weighted by molar-refractivity contribution is 6.28. The maximum atomic E-state index is 5.94. The van der Waals surface area contributed by atoms with E-state index in [2.05, 4.69) is 27.9 Å². The lowest BCUT2D eigenvalue weighted by molar-refractivity contribution is 0.408. The van der Waals surface area contributed by atoms with Gasteiger partial charge in [-0.2, -0.15) is 0 Å². The molecule has 4 nitrogen and oxygen atoms in total. The van der Waals surface area contributed by atoms with Gasteiger partial charge in [-0.05, 0) is 43.5 Å². The highest BCUT2D eigenvalue weighted by atomic mass is 35.5. The quantitative estimate of drug-likeness (QED) is 0.792. The van der Waals surface area contributed by atoms with Crippen LogP contribution in [0.4, 0.5) is 5.82 Å². The lowest BCUT2D eigenvalue weighted by atomic mass is 10.1. The summed E-state index contributed by atoms with van der Waals surface area (Å²) >= 11 is 5.94. The molecule has 5 heteroatoms. The van der Waals surface area contributed by atoms with Gasteiger partial charge in [0.2, 0.25) is 5.28 Å². The van der Waals surface area contributed by atoms with Crippen molar-refractivity contribution in [2.45, 2.75) is 26.3 Å². The van der Waals surface area contributed by atoms with Crippen molar-refractivity contribution in [2.75, 3.05) is 19.1 Å². The van der Waals surface area contributed by atoms with Crippen molar-refractivity contribution in [3.8, 4) is 5.75 Å². The van der Waals surface area contributed by atoms with E-state index in [0.717, 1.165) is 23.7 Å².